The summed E-state index contributed by atoms with van der Waals surface area (Å²) in [6.07, 6.45) is 1.24. The fourth-order valence-corrected chi connectivity index (χ4v) is 2.64. The number of rotatable bonds is 5. The molecule has 20 heavy (non-hydrogen) atoms. The summed E-state index contributed by atoms with van der Waals surface area (Å²) >= 11 is 0. The van der Waals surface area contributed by atoms with Gasteiger partial charge in [-0.25, -0.2) is 5.06 Å². The molecule has 112 valence electrons. The van der Waals surface area contributed by atoms with Gasteiger partial charge < -0.3 is 4.53 Å². The van der Waals surface area contributed by atoms with E-state index in [9.17, 15) is 4.79 Å². The maximum Gasteiger partial charge on any atom is 0.245 e. The molecule has 0 atom stereocenters. The van der Waals surface area contributed by atoms with Crippen molar-refractivity contribution in [2.75, 3.05) is 7.05 Å². The van der Waals surface area contributed by atoms with Crippen LogP contribution in [0.25, 0.3) is 0 Å². The third-order valence-electron chi connectivity index (χ3n) is 3.99. The first-order valence-corrected chi connectivity index (χ1v) is 10.0. The Hall–Kier alpha value is -1.13. The molecule has 0 saturated carbocycles. The summed E-state index contributed by atoms with van der Waals surface area (Å²) in [4.78, 5) is 12.1. The van der Waals surface area contributed by atoms with Crippen LogP contribution in [0.15, 0.2) is 30.3 Å². The van der Waals surface area contributed by atoms with Crippen LogP contribution in [-0.2, 0) is 15.7 Å². The van der Waals surface area contributed by atoms with Crippen LogP contribution >= 0.6 is 0 Å². The summed E-state index contributed by atoms with van der Waals surface area (Å²) in [5.41, 5.74) is 1.18. The van der Waals surface area contributed by atoms with Crippen LogP contribution in [0, 0.1) is 0 Å². The minimum absolute atomic E-state index is 0.0404. The second-order valence-corrected chi connectivity index (χ2v) is 11.4. The molecule has 0 fully saturated rings. The molecule has 0 unspecified atom stereocenters. The van der Waals surface area contributed by atoms with Gasteiger partial charge in [0.15, 0.2) is 0 Å². The van der Waals surface area contributed by atoms with Gasteiger partial charge in [-0.05, 0) is 30.1 Å². The van der Waals surface area contributed by atoms with Crippen molar-refractivity contribution in [3.05, 3.63) is 35.9 Å². The van der Waals surface area contributed by atoms with Gasteiger partial charge >= 0.3 is 0 Å². The normalized spacial score (nSPS) is 12.3. The van der Waals surface area contributed by atoms with E-state index in [2.05, 4.69) is 33.9 Å². The molecule has 0 heterocycles. The molecule has 4 heteroatoms. The number of hydrogen-bond donors (Lipinski definition) is 0. The van der Waals surface area contributed by atoms with E-state index in [1.807, 2.05) is 30.3 Å². The number of hydroxylamine groups is 2. The molecule has 1 rings (SSSR count). The van der Waals surface area contributed by atoms with Crippen LogP contribution in [0.5, 0.6) is 0 Å². The summed E-state index contributed by atoms with van der Waals surface area (Å²) in [5, 5.41) is 1.54. The zero-order valence-electron chi connectivity index (χ0n) is 13.6. The summed E-state index contributed by atoms with van der Waals surface area (Å²) in [5.74, 6) is 0.0404. The van der Waals surface area contributed by atoms with Crippen LogP contribution in [0.1, 0.15) is 32.8 Å². The summed E-state index contributed by atoms with van der Waals surface area (Å²) in [6, 6.07) is 10.1. The van der Waals surface area contributed by atoms with E-state index in [1.54, 1.807) is 7.05 Å². The molecule has 1 aromatic rings. The molecule has 0 bridgehead atoms. The van der Waals surface area contributed by atoms with Gasteiger partial charge in [-0.3, -0.25) is 4.79 Å². The number of carbonyl (C=O) groups excluding carboxylic acids is 1. The van der Waals surface area contributed by atoms with Gasteiger partial charge in [-0.15, -0.1) is 0 Å². The molecule has 0 aliphatic heterocycles. The van der Waals surface area contributed by atoms with E-state index in [1.165, 1.54) is 10.6 Å². The molecule has 1 aromatic carbocycles. The molecular formula is C16H27NO2Si. The smallest absolute Gasteiger partial charge is 0.245 e. The fourth-order valence-electron chi connectivity index (χ4n) is 1.58. The predicted molar refractivity (Wildman–Crippen MR) is 85.8 cm³/mol. The van der Waals surface area contributed by atoms with E-state index < -0.39 is 8.32 Å². The molecular weight excluding hydrogens is 266 g/mol. The van der Waals surface area contributed by atoms with Crippen LogP contribution < -0.4 is 0 Å². The minimum atomic E-state index is -1.93. The molecule has 3 nitrogen and oxygen atoms in total. The Balaban J connectivity index is 2.52. The van der Waals surface area contributed by atoms with Crippen LogP contribution in [0.2, 0.25) is 18.1 Å². The monoisotopic (exact) mass is 293 g/mol. The van der Waals surface area contributed by atoms with Crippen molar-refractivity contribution < 1.29 is 9.32 Å². The highest BCUT2D eigenvalue weighted by molar-refractivity contribution is 6.74. The van der Waals surface area contributed by atoms with Crippen molar-refractivity contribution >= 4 is 14.2 Å². The number of benzene rings is 1. The van der Waals surface area contributed by atoms with Gasteiger partial charge in [0.25, 0.3) is 0 Å². The number of amides is 1. The highest BCUT2D eigenvalue weighted by Crippen LogP contribution is 2.36. The molecule has 0 aliphatic rings. The van der Waals surface area contributed by atoms with Gasteiger partial charge in [-0.2, -0.15) is 0 Å². The van der Waals surface area contributed by atoms with Gasteiger partial charge in [0.2, 0.25) is 14.2 Å². The number of nitrogens with zero attached hydrogens (tertiary/aromatic N) is 1. The molecule has 1 amide bonds. The summed E-state index contributed by atoms with van der Waals surface area (Å²) in [7, 11) is -0.204. The lowest BCUT2D eigenvalue weighted by molar-refractivity contribution is -0.155. The zero-order valence-corrected chi connectivity index (χ0v) is 14.6. The first kappa shape index (κ1) is 16.9. The van der Waals surface area contributed by atoms with E-state index in [-0.39, 0.29) is 10.9 Å². The SMILES string of the molecule is CN(O[Si](C)(C)C(C)(C)C)C(=O)CCc1ccccc1. The lowest BCUT2D eigenvalue weighted by Gasteiger charge is -2.38. The van der Waals surface area contributed by atoms with E-state index in [4.69, 9.17) is 4.53 Å². The average molecular weight is 293 g/mol. The van der Waals surface area contributed by atoms with Crippen LogP contribution in [-0.4, -0.2) is 26.3 Å². The molecule has 0 N–H and O–H groups in total. The topological polar surface area (TPSA) is 29.5 Å². The first-order valence-electron chi connectivity index (χ1n) is 7.13. The van der Waals surface area contributed by atoms with Gasteiger partial charge in [-0.1, -0.05) is 51.1 Å². The Morgan fingerprint density at radius 2 is 1.75 bits per heavy atom. The molecule has 0 saturated heterocycles. The largest absolute Gasteiger partial charge is 0.317 e. The van der Waals surface area contributed by atoms with Crippen molar-refractivity contribution in [2.24, 2.45) is 0 Å². The Morgan fingerprint density at radius 1 is 1.20 bits per heavy atom. The minimum Gasteiger partial charge on any atom is -0.317 e. The van der Waals surface area contributed by atoms with Crippen molar-refractivity contribution in [1.29, 1.82) is 0 Å². The van der Waals surface area contributed by atoms with Gasteiger partial charge in [0, 0.05) is 13.5 Å². The van der Waals surface area contributed by atoms with E-state index >= 15 is 0 Å². The summed E-state index contributed by atoms with van der Waals surface area (Å²) in [6.45, 7) is 10.8. The maximum absolute atomic E-state index is 12.1. The number of aryl methyl sites for hydroxylation is 1. The predicted octanol–water partition coefficient (Wildman–Crippen LogP) is 4.01. The molecule has 0 radical (unpaired) electrons. The molecule has 0 aromatic heterocycles. The maximum atomic E-state index is 12.1. The highest BCUT2D eigenvalue weighted by Gasteiger charge is 2.40. The highest BCUT2D eigenvalue weighted by atomic mass is 28.4. The van der Waals surface area contributed by atoms with Crippen LogP contribution in [0.4, 0.5) is 0 Å². The van der Waals surface area contributed by atoms with Crippen molar-refractivity contribution in [3.8, 4) is 0 Å². The van der Waals surface area contributed by atoms with Crippen LogP contribution in [0.3, 0.4) is 0 Å². The summed E-state index contributed by atoms with van der Waals surface area (Å²) < 4.78 is 5.98. The van der Waals surface area contributed by atoms with Gasteiger partial charge in [0.05, 0.1) is 0 Å². The zero-order chi connectivity index (χ0) is 15.4. The molecule has 0 spiro atoms. The van der Waals surface area contributed by atoms with Crippen molar-refractivity contribution in [2.45, 2.75) is 51.7 Å². The quantitative estimate of drug-likeness (QED) is 0.606. The number of hydrogen-bond acceptors (Lipinski definition) is 2. The van der Waals surface area contributed by atoms with Crippen molar-refractivity contribution in [1.82, 2.24) is 5.06 Å². The van der Waals surface area contributed by atoms with E-state index in [0.717, 1.165) is 6.42 Å². The molecule has 0 aliphatic carbocycles. The first-order chi connectivity index (χ1) is 9.13. The third kappa shape index (κ3) is 4.76. The Morgan fingerprint density at radius 3 is 2.25 bits per heavy atom. The fraction of sp³-hybridized carbons (Fsp3) is 0.562. The number of carbonyl (C=O) groups is 1. The lowest BCUT2D eigenvalue weighted by Crippen LogP contribution is -2.47. The Kier molecular flexibility index (Phi) is 5.54. The van der Waals surface area contributed by atoms with E-state index in [0.29, 0.717) is 6.42 Å². The second-order valence-electron chi connectivity index (χ2n) is 6.73. The van der Waals surface area contributed by atoms with Gasteiger partial charge in [0.1, 0.15) is 0 Å². The Bertz CT molecular complexity index is 438. The average Bonchev–Trinajstić information content (AvgIpc) is 2.35. The second kappa shape index (κ2) is 6.55. The van der Waals surface area contributed by atoms with Crippen molar-refractivity contribution in [3.63, 3.8) is 0 Å². The lowest BCUT2D eigenvalue weighted by atomic mass is 10.1. The third-order valence-corrected chi connectivity index (χ3v) is 8.34. The Labute approximate surface area is 124 Å². The standard InChI is InChI=1S/C16H27NO2Si/c1-16(2,3)20(5,6)19-17(4)15(18)13-12-14-10-8-7-9-11-14/h7-11H,12-13H2,1-6H3.